The standard InChI is InChI=1S/C21H30O4/c1-4-20-17(3)14-16(2)12-13-19(23)15-18(22)10-8-6-5-7-9-11-21(24)25-20/h5-9,11-14,17-20,22-23H,4,10,15H2,1-3H3/b7-5+,8-6+,11-9+,13-12+,16-14+/t17-,18-,19+,20-/m1/s1. The molecule has 138 valence electrons. The normalized spacial score (nSPS) is 36.8. The molecule has 0 bridgehead atoms. The monoisotopic (exact) mass is 346 g/mol. The van der Waals surface area contributed by atoms with Crippen molar-refractivity contribution in [1.29, 1.82) is 0 Å². The van der Waals surface area contributed by atoms with Gasteiger partial charge in [0.15, 0.2) is 0 Å². The van der Waals surface area contributed by atoms with E-state index in [1.807, 2.05) is 39.0 Å². The number of hydrogen-bond acceptors (Lipinski definition) is 4. The number of aliphatic hydroxyl groups excluding tert-OH is 2. The Balaban J connectivity index is 2.95. The molecule has 0 radical (unpaired) electrons. The maximum atomic E-state index is 11.9. The number of ether oxygens (including phenoxy) is 1. The third-order valence-corrected chi connectivity index (χ3v) is 3.99. The van der Waals surface area contributed by atoms with Crippen LogP contribution in [0.5, 0.6) is 0 Å². The summed E-state index contributed by atoms with van der Waals surface area (Å²) in [7, 11) is 0. The van der Waals surface area contributed by atoms with Crippen LogP contribution in [0.4, 0.5) is 0 Å². The molecule has 0 aromatic heterocycles. The van der Waals surface area contributed by atoms with Gasteiger partial charge >= 0.3 is 5.97 Å². The Morgan fingerprint density at radius 2 is 1.88 bits per heavy atom. The van der Waals surface area contributed by atoms with Crippen molar-refractivity contribution in [2.45, 2.75) is 58.3 Å². The Morgan fingerprint density at radius 3 is 2.60 bits per heavy atom. The molecule has 4 nitrogen and oxygen atoms in total. The van der Waals surface area contributed by atoms with Gasteiger partial charge in [-0.2, -0.15) is 0 Å². The van der Waals surface area contributed by atoms with Gasteiger partial charge in [-0.25, -0.2) is 4.79 Å². The van der Waals surface area contributed by atoms with Crippen molar-refractivity contribution in [2.75, 3.05) is 0 Å². The third kappa shape index (κ3) is 9.22. The highest BCUT2D eigenvalue weighted by molar-refractivity contribution is 5.82. The molecule has 1 heterocycles. The lowest BCUT2D eigenvalue weighted by atomic mass is 9.99. The number of rotatable bonds is 1. The highest BCUT2D eigenvalue weighted by atomic mass is 16.5. The maximum Gasteiger partial charge on any atom is 0.331 e. The van der Waals surface area contributed by atoms with E-state index in [4.69, 9.17) is 4.74 Å². The van der Waals surface area contributed by atoms with Crippen LogP contribution in [0, 0.1) is 5.92 Å². The van der Waals surface area contributed by atoms with Crippen molar-refractivity contribution in [2.24, 2.45) is 5.92 Å². The lowest BCUT2D eigenvalue weighted by molar-refractivity contribution is -0.144. The van der Waals surface area contributed by atoms with E-state index in [0.717, 1.165) is 12.0 Å². The molecule has 0 unspecified atom stereocenters. The Morgan fingerprint density at radius 1 is 1.16 bits per heavy atom. The molecule has 0 aromatic rings. The molecule has 0 aliphatic carbocycles. The zero-order chi connectivity index (χ0) is 18.7. The van der Waals surface area contributed by atoms with Gasteiger partial charge in [-0.1, -0.05) is 68.0 Å². The summed E-state index contributed by atoms with van der Waals surface area (Å²) in [5.74, 6) is -0.298. The predicted molar refractivity (Wildman–Crippen MR) is 101 cm³/mol. The molecule has 1 rings (SSSR count). The quantitative estimate of drug-likeness (QED) is 0.712. The van der Waals surface area contributed by atoms with Gasteiger partial charge in [-0.3, -0.25) is 0 Å². The summed E-state index contributed by atoms with van der Waals surface area (Å²) in [4.78, 5) is 11.9. The fourth-order valence-electron chi connectivity index (χ4n) is 2.62. The first kappa shape index (κ1) is 21.1. The fourth-order valence-corrected chi connectivity index (χ4v) is 2.62. The first-order valence-electron chi connectivity index (χ1n) is 8.85. The number of carbonyl (C=O) groups is 1. The van der Waals surface area contributed by atoms with Gasteiger partial charge in [-0.05, 0) is 19.8 Å². The average Bonchev–Trinajstić information content (AvgIpc) is 2.56. The molecule has 0 amide bonds. The number of carbonyl (C=O) groups excluding carboxylic acids is 1. The van der Waals surface area contributed by atoms with E-state index in [-0.39, 0.29) is 18.0 Å². The summed E-state index contributed by atoms with van der Waals surface area (Å²) in [5.41, 5.74) is 0.982. The van der Waals surface area contributed by atoms with Crippen molar-refractivity contribution < 1.29 is 19.7 Å². The van der Waals surface area contributed by atoms with Crippen LogP contribution in [0.15, 0.2) is 60.3 Å². The van der Waals surface area contributed by atoms with E-state index < -0.39 is 12.2 Å². The zero-order valence-corrected chi connectivity index (χ0v) is 15.3. The Kier molecular flexibility index (Phi) is 9.81. The van der Waals surface area contributed by atoms with Crippen LogP contribution in [-0.2, 0) is 9.53 Å². The summed E-state index contributed by atoms with van der Waals surface area (Å²) < 4.78 is 5.51. The van der Waals surface area contributed by atoms with Gasteiger partial charge < -0.3 is 14.9 Å². The molecule has 1 aliphatic heterocycles. The molecule has 0 spiro atoms. The number of aliphatic hydroxyl groups is 2. The average molecular weight is 346 g/mol. The minimum absolute atomic E-state index is 0.0621. The molecule has 25 heavy (non-hydrogen) atoms. The SMILES string of the molecule is CC[C@H]1OC(=O)/C=C/C=C/C=C/C[C@@H](O)C[C@@H](O)/C=C/C(C)=C/[C@H]1C. The van der Waals surface area contributed by atoms with E-state index >= 15 is 0 Å². The van der Waals surface area contributed by atoms with E-state index in [9.17, 15) is 15.0 Å². The molecule has 0 aromatic carbocycles. The van der Waals surface area contributed by atoms with Crippen molar-refractivity contribution >= 4 is 5.97 Å². The minimum atomic E-state index is -0.695. The highest BCUT2D eigenvalue weighted by Crippen LogP contribution is 2.16. The lowest BCUT2D eigenvalue weighted by Crippen LogP contribution is -2.22. The summed E-state index contributed by atoms with van der Waals surface area (Å²) in [6, 6.07) is 0. The van der Waals surface area contributed by atoms with Crippen LogP contribution in [0.3, 0.4) is 0 Å². The molecular weight excluding hydrogens is 316 g/mol. The number of esters is 1. The van der Waals surface area contributed by atoms with Crippen LogP contribution in [0.2, 0.25) is 0 Å². The zero-order valence-electron chi connectivity index (χ0n) is 15.3. The van der Waals surface area contributed by atoms with Crippen molar-refractivity contribution in [3.63, 3.8) is 0 Å². The maximum absolute atomic E-state index is 11.9. The second-order valence-corrected chi connectivity index (χ2v) is 6.38. The molecule has 0 saturated heterocycles. The van der Waals surface area contributed by atoms with Crippen molar-refractivity contribution in [3.05, 3.63) is 60.3 Å². The van der Waals surface area contributed by atoms with Gasteiger partial charge in [0.2, 0.25) is 0 Å². The largest absolute Gasteiger partial charge is 0.459 e. The van der Waals surface area contributed by atoms with Crippen molar-refractivity contribution in [1.82, 2.24) is 0 Å². The van der Waals surface area contributed by atoms with Crippen LogP contribution in [-0.4, -0.2) is 34.5 Å². The summed E-state index contributed by atoms with van der Waals surface area (Å²) in [6.07, 6.45) is 15.7. The third-order valence-electron chi connectivity index (χ3n) is 3.99. The van der Waals surface area contributed by atoms with E-state index in [1.54, 1.807) is 30.4 Å². The van der Waals surface area contributed by atoms with Gasteiger partial charge in [0.25, 0.3) is 0 Å². The fraction of sp³-hybridized carbons (Fsp3) is 0.476. The van der Waals surface area contributed by atoms with Crippen LogP contribution >= 0.6 is 0 Å². The Hall–Kier alpha value is -1.91. The van der Waals surface area contributed by atoms with Crippen LogP contribution in [0.25, 0.3) is 0 Å². The molecule has 0 fully saturated rings. The lowest BCUT2D eigenvalue weighted by Gasteiger charge is -2.20. The van der Waals surface area contributed by atoms with Crippen LogP contribution in [0.1, 0.15) is 40.0 Å². The second kappa shape index (κ2) is 11.6. The Labute approximate surface area is 150 Å². The van der Waals surface area contributed by atoms with E-state index in [1.165, 1.54) is 6.08 Å². The van der Waals surface area contributed by atoms with Crippen molar-refractivity contribution in [3.8, 4) is 0 Å². The molecule has 4 atom stereocenters. The molecule has 0 saturated carbocycles. The number of allylic oxidation sites excluding steroid dienone is 6. The van der Waals surface area contributed by atoms with Gasteiger partial charge in [0.05, 0.1) is 12.2 Å². The highest BCUT2D eigenvalue weighted by Gasteiger charge is 2.17. The topological polar surface area (TPSA) is 66.8 Å². The predicted octanol–water partition coefficient (Wildman–Crippen LogP) is 3.63. The molecule has 2 N–H and O–H groups in total. The van der Waals surface area contributed by atoms with E-state index in [2.05, 4.69) is 0 Å². The van der Waals surface area contributed by atoms with Crippen LogP contribution < -0.4 is 0 Å². The van der Waals surface area contributed by atoms with Gasteiger partial charge in [-0.15, -0.1) is 0 Å². The summed E-state index contributed by atoms with van der Waals surface area (Å²) in [6.45, 7) is 5.93. The van der Waals surface area contributed by atoms with Gasteiger partial charge in [0.1, 0.15) is 6.10 Å². The first-order valence-corrected chi connectivity index (χ1v) is 8.85. The summed E-state index contributed by atoms with van der Waals surface area (Å²) in [5, 5.41) is 19.9. The molecular formula is C21H30O4. The minimum Gasteiger partial charge on any atom is -0.459 e. The Bertz CT molecular complexity index is 554. The molecule has 1 aliphatic rings. The number of cyclic esters (lactones) is 1. The second-order valence-electron chi connectivity index (χ2n) is 6.38. The molecule has 4 heteroatoms. The number of hydrogen-bond donors (Lipinski definition) is 2. The smallest absolute Gasteiger partial charge is 0.331 e. The first-order chi connectivity index (χ1) is 11.9. The van der Waals surface area contributed by atoms with Gasteiger partial charge in [0, 0.05) is 18.4 Å². The summed E-state index contributed by atoms with van der Waals surface area (Å²) >= 11 is 0. The van der Waals surface area contributed by atoms with E-state index in [0.29, 0.717) is 12.8 Å².